The minimum absolute atomic E-state index is 0.0141. The Morgan fingerprint density at radius 3 is 2.30 bits per heavy atom. The molecule has 2 aromatic rings. The summed E-state index contributed by atoms with van der Waals surface area (Å²) in [5, 5.41) is 39.2. The van der Waals surface area contributed by atoms with Crippen LogP contribution in [0, 0.1) is 0 Å². The predicted octanol–water partition coefficient (Wildman–Crippen LogP) is 2.86. The van der Waals surface area contributed by atoms with Gasteiger partial charge in [-0.15, -0.1) is 0 Å². The molecule has 148 valence electrons. The summed E-state index contributed by atoms with van der Waals surface area (Å²) in [5.41, 5.74) is 2.60. The Morgan fingerprint density at radius 1 is 0.963 bits per heavy atom. The van der Waals surface area contributed by atoms with E-state index in [4.69, 9.17) is 21.4 Å². The maximum atomic E-state index is 10.4. The minimum Gasteiger partial charge on any atom is -0.494 e. The Balaban J connectivity index is 2.06. The number of halogens is 1. The SMILES string of the molecule is CCOc1ccc(Cc2cc(C(O)CC(O)CC(O)CO)ccc2Cl)cc1. The maximum Gasteiger partial charge on any atom is 0.119 e. The number of aliphatic hydroxyl groups excluding tert-OH is 4. The topological polar surface area (TPSA) is 90.2 Å². The molecule has 0 amide bonds. The molecule has 0 aliphatic rings. The summed E-state index contributed by atoms with van der Waals surface area (Å²) in [6.07, 6.45) is -2.10. The van der Waals surface area contributed by atoms with Gasteiger partial charge in [0.25, 0.3) is 0 Å². The van der Waals surface area contributed by atoms with E-state index >= 15 is 0 Å². The molecule has 2 rings (SSSR count). The van der Waals surface area contributed by atoms with Crippen molar-refractivity contribution in [2.24, 2.45) is 0 Å². The summed E-state index contributed by atoms with van der Waals surface area (Å²) >= 11 is 6.31. The largest absolute Gasteiger partial charge is 0.494 e. The predicted molar refractivity (Wildman–Crippen MR) is 105 cm³/mol. The summed E-state index contributed by atoms with van der Waals surface area (Å²) in [7, 11) is 0. The highest BCUT2D eigenvalue weighted by molar-refractivity contribution is 6.31. The van der Waals surface area contributed by atoms with Crippen LogP contribution >= 0.6 is 11.6 Å². The lowest BCUT2D eigenvalue weighted by Crippen LogP contribution is -2.22. The quantitative estimate of drug-likeness (QED) is 0.497. The first-order valence-electron chi connectivity index (χ1n) is 9.08. The van der Waals surface area contributed by atoms with E-state index in [1.807, 2.05) is 37.3 Å². The molecule has 0 saturated carbocycles. The van der Waals surface area contributed by atoms with E-state index in [1.54, 1.807) is 12.1 Å². The van der Waals surface area contributed by atoms with Gasteiger partial charge in [0.1, 0.15) is 5.75 Å². The van der Waals surface area contributed by atoms with E-state index in [0.717, 1.165) is 16.9 Å². The lowest BCUT2D eigenvalue weighted by atomic mass is 9.96. The molecule has 3 atom stereocenters. The van der Waals surface area contributed by atoms with Crippen molar-refractivity contribution in [1.29, 1.82) is 0 Å². The van der Waals surface area contributed by atoms with E-state index in [-0.39, 0.29) is 12.8 Å². The average Bonchev–Trinajstić information content (AvgIpc) is 2.65. The molecule has 0 bridgehead atoms. The number of hydrogen-bond acceptors (Lipinski definition) is 5. The third kappa shape index (κ3) is 6.79. The number of ether oxygens (including phenoxy) is 1. The lowest BCUT2D eigenvalue weighted by molar-refractivity contribution is 0.0180. The Hall–Kier alpha value is -1.63. The van der Waals surface area contributed by atoms with Crippen LogP contribution in [0.15, 0.2) is 42.5 Å². The molecule has 6 heteroatoms. The molecule has 0 aromatic heterocycles. The number of rotatable bonds is 10. The first-order valence-corrected chi connectivity index (χ1v) is 9.45. The second kappa shape index (κ2) is 10.6. The summed E-state index contributed by atoms with van der Waals surface area (Å²) < 4.78 is 5.44. The van der Waals surface area contributed by atoms with Gasteiger partial charge in [0, 0.05) is 17.9 Å². The molecule has 0 heterocycles. The third-order valence-electron chi connectivity index (χ3n) is 4.33. The Bertz CT molecular complexity index is 704. The molecule has 4 N–H and O–H groups in total. The molecule has 0 aliphatic heterocycles. The molecule has 0 aliphatic carbocycles. The number of aliphatic hydroxyl groups is 4. The van der Waals surface area contributed by atoms with Crippen molar-refractivity contribution in [3.63, 3.8) is 0 Å². The van der Waals surface area contributed by atoms with Crippen LogP contribution in [0.25, 0.3) is 0 Å². The molecular weight excluding hydrogens is 368 g/mol. The van der Waals surface area contributed by atoms with Crippen molar-refractivity contribution in [1.82, 2.24) is 0 Å². The molecule has 0 fully saturated rings. The van der Waals surface area contributed by atoms with Gasteiger partial charge in [0.05, 0.1) is 31.5 Å². The van der Waals surface area contributed by atoms with Gasteiger partial charge in [-0.2, -0.15) is 0 Å². The number of benzene rings is 2. The van der Waals surface area contributed by atoms with Gasteiger partial charge in [0.15, 0.2) is 0 Å². The molecule has 2 aromatic carbocycles. The zero-order valence-corrected chi connectivity index (χ0v) is 16.1. The fourth-order valence-electron chi connectivity index (χ4n) is 2.91. The van der Waals surface area contributed by atoms with Gasteiger partial charge in [0.2, 0.25) is 0 Å². The van der Waals surface area contributed by atoms with Gasteiger partial charge in [-0.3, -0.25) is 0 Å². The van der Waals surface area contributed by atoms with E-state index < -0.39 is 24.9 Å². The smallest absolute Gasteiger partial charge is 0.119 e. The molecule has 0 spiro atoms. The summed E-state index contributed by atoms with van der Waals surface area (Å²) in [4.78, 5) is 0. The van der Waals surface area contributed by atoms with Crippen LogP contribution in [0.1, 0.15) is 42.6 Å². The van der Waals surface area contributed by atoms with Crippen molar-refractivity contribution >= 4 is 11.6 Å². The van der Waals surface area contributed by atoms with Gasteiger partial charge in [-0.05, 0) is 48.2 Å². The van der Waals surface area contributed by atoms with Gasteiger partial charge in [-0.25, -0.2) is 0 Å². The van der Waals surface area contributed by atoms with Crippen molar-refractivity contribution in [3.05, 3.63) is 64.2 Å². The van der Waals surface area contributed by atoms with Crippen LogP contribution in [0.3, 0.4) is 0 Å². The summed E-state index contributed by atoms with van der Waals surface area (Å²) in [6, 6.07) is 13.1. The normalized spacial score (nSPS) is 14.6. The zero-order chi connectivity index (χ0) is 19.8. The van der Waals surface area contributed by atoms with Crippen LogP contribution in [0.4, 0.5) is 0 Å². The van der Waals surface area contributed by atoms with Crippen molar-refractivity contribution in [2.75, 3.05) is 13.2 Å². The van der Waals surface area contributed by atoms with Gasteiger partial charge >= 0.3 is 0 Å². The highest BCUT2D eigenvalue weighted by Crippen LogP contribution is 2.27. The molecule has 5 nitrogen and oxygen atoms in total. The van der Waals surface area contributed by atoms with Gasteiger partial charge < -0.3 is 25.2 Å². The highest BCUT2D eigenvalue weighted by Gasteiger charge is 2.18. The van der Waals surface area contributed by atoms with Crippen LogP contribution < -0.4 is 4.74 Å². The molecule has 0 saturated heterocycles. The number of hydrogen-bond donors (Lipinski definition) is 4. The van der Waals surface area contributed by atoms with Crippen LogP contribution in [-0.2, 0) is 6.42 Å². The van der Waals surface area contributed by atoms with Crippen LogP contribution in [0.5, 0.6) is 5.75 Å². The summed E-state index contributed by atoms with van der Waals surface area (Å²) in [5.74, 6) is 0.815. The second-order valence-corrected chi connectivity index (χ2v) is 6.99. The van der Waals surface area contributed by atoms with Crippen molar-refractivity contribution in [3.8, 4) is 5.75 Å². The first kappa shape index (κ1) is 21.7. The van der Waals surface area contributed by atoms with Crippen molar-refractivity contribution < 1.29 is 25.2 Å². The molecule has 3 unspecified atom stereocenters. The molecule has 0 radical (unpaired) electrons. The lowest BCUT2D eigenvalue weighted by Gasteiger charge is -2.19. The summed E-state index contributed by atoms with van der Waals surface area (Å²) in [6.45, 7) is 2.14. The molecular formula is C21H27ClO5. The van der Waals surface area contributed by atoms with Crippen LogP contribution in [-0.4, -0.2) is 45.8 Å². The Kier molecular flexibility index (Phi) is 8.54. The van der Waals surface area contributed by atoms with E-state index in [2.05, 4.69) is 0 Å². The first-order chi connectivity index (χ1) is 12.9. The Labute approximate surface area is 164 Å². The fraction of sp³-hybridized carbons (Fsp3) is 0.429. The second-order valence-electron chi connectivity index (χ2n) is 6.58. The standard InChI is InChI=1S/C21H27ClO5/c1-2-27-19-6-3-14(4-7-19)9-16-10-15(5-8-20(16)22)21(26)12-17(24)11-18(25)13-23/h3-8,10,17-18,21,23-26H,2,9,11-13H2,1H3. The van der Waals surface area contributed by atoms with Gasteiger partial charge in [-0.1, -0.05) is 35.9 Å². The van der Waals surface area contributed by atoms with E-state index in [1.165, 1.54) is 0 Å². The minimum atomic E-state index is -0.993. The average molecular weight is 395 g/mol. The van der Waals surface area contributed by atoms with E-state index in [9.17, 15) is 15.3 Å². The highest BCUT2D eigenvalue weighted by atomic mass is 35.5. The fourth-order valence-corrected chi connectivity index (χ4v) is 3.09. The molecule has 27 heavy (non-hydrogen) atoms. The Morgan fingerprint density at radius 2 is 1.67 bits per heavy atom. The maximum absolute atomic E-state index is 10.4. The van der Waals surface area contributed by atoms with Crippen LogP contribution in [0.2, 0.25) is 5.02 Å². The van der Waals surface area contributed by atoms with Crippen molar-refractivity contribution in [2.45, 2.75) is 44.5 Å². The van der Waals surface area contributed by atoms with E-state index in [0.29, 0.717) is 23.6 Å². The third-order valence-corrected chi connectivity index (χ3v) is 4.70. The zero-order valence-electron chi connectivity index (χ0n) is 15.4. The monoisotopic (exact) mass is 394 g/mol.